The van der Waals surface area contributed by atoms with Crippen molar-refractivity contribution in [2.45, 2.75) is 25.0 Å². The Morgan fingerprint density at radius 1 is 1.13 bits per heavy atom. The lowest BCUT2D eigenvalue weighted by molar-refractivity contribution is 0.0235. The Labute approximate surface area is 136 Å². The van der Waals surface area contributed by atoms with Crippen molar-refractivity contribution in [3.63, 3.8) is 0 Å². The molecule has 1 fully saturated rings. The number of hydrogen-bond acceptors (Lipinski definition) is 3. The first-order valence-electron chi connectivity index (χ1n) is 7.85. The predicted octanol–water partition coefficient (Wildman–Crippen LogP) is 2.94. The van der Waals surface area contributed by atoms with E-state index in [9.17, 15) is 9.90 Å². The number of carbonyl (C=O) groups is 1. The monoisotopic (exact) mass is 311 g/mol. The quantitative estimate of drug-likeness (QED) is 0.892. The summed E-state index contributed by atoms with van der Waals surface area (Å²) in [4.78, 5) is 12.5. The number of methoxy groups -OCH3 is 1. The number of ether oxygens (including phenoxy) is 1. The lowest BCUT2D eigenvalue weighted by atomic mass is 9.75. The molecule has 0 saturated heterocycles. The third-order valence-corrected chi connectivity index (χ3v) is 4.42. The summed E-state index contributed by atoms with van der Waals surface area (Å²) < 4.78 is 5.12. The highest BCUT2D eigenvalue weighted by atomic mass is 16.5. The molecular formula is C19H21NO3. The minimum absolute atomic E-state index is 0.0748. The smallest absolute Gasteiger partial charge is 0.251 e. The second-order valence-corrected chi connectivity index (χ2v) is 5.98. The molecule has 4 nitrogen and oxygen atoms in total. The average molecular weight is 311 g/mol. The molecule has 3 rings (SSSR count). The minimum Gasteiger partial charge on any atom is -0.497 e. The highest BCUT2D eigenvalue weighted by molar-refractivity contribution is 5.94. The molecule has 0 aliphatic heterocycles. The highest BCUT2D eigenvalue weighted by Gasteiger charge is 2.35. The molecule has 0 radical (unpaired) electrons. The first-order valence-corrected chi connectivity index (χ1v) is 7.85. The van der Waals surface area contributed by atoms with Crippen LogP contribution in [0, 0.1) is 5.92 Å². The highest BCUT2D eigenvalue weighted by Crippen LogP contribution is 2.38. The van der Waals surface area contributed by atoms with Gasteiger partial charge in [-0.3, -0.25) is 4.79 Å². The minimum atomic E-state index is -0.246. The lowest BCUT2D eigenvalue weighted by Crippen LogP contribution is -2.41. The van der Waals surface area contributed by atoms with Crippen molar-refractivity contribution < 1.29 is 14.6 Å². The van der Waals surface area contributed by atoms with Gasteiger partial charge in [0.15, 0.2) is 0 Å². The number of rotatable bonds is 5. The fourth-order valence-electron chi connectivity index (χ4n) is 3.00. The summed E-state index contributed by atoms with van der Waals surface area (Å²) >= 11 is 0. The summed E-state index contributed by atoms with van der Waals surface area (Å²) in [6.07, 6.45) is 1.20. The van der Waals surface area contributed by atoms with Gasteiger partial charge in [-0.15, -0.1) is 0 Å². The van der Waals surface area contributed by atoms with Crippen LogP contribution in [-0.2, 0) is 0 Å². The molecule has 0 heterocycles. The molecule has 1 atom stereocenters. The van der Waals surface area contributed by atoms with Gasteiger partial charge in [0.1, 0.15) is 5.75 Å². The molecule has 4 heteroatoms. The Kier molecular flexibility index (Phi) is 4.63. The van der Waals surface area contributed by atoms with Gasteiger partial charge in [0.2, 0.25) is 0 Å². The maximum atomic E-state index is 12.5. The molecule has 120 valence electrons. The van der Waals surface area contributed by atoms with Crippen LogP contribution in [0.2, 0.25) is 0 Å². The molecule has 1 saturated carbocycles. The number of aliphatic hydroxyl groups excluding tert-OH is 1. The molecule has 0 spiro atoms. The second-order valence-electron chi connectivity index (χ2n) is 5.98. The Morgan fingerprint density at radius 2 is 1.78 bits per heavy atom. The number of hydrogen-bond donors (Lipinski definition) is 2. The van der Waals surface area contributed by atoms with Crippen molar-refractivity contribution in [1.82, 2.24) is 5.32 Å². The molecule has 2 aromatic carbocycles. The average Bonchev–Trinajstić information content (AvgIpc) is 2.58. The summed E-state index contributed by atoms with van der Waals surface area (Å²) in [6.45, 7) is 0. The van der Waals surface area contributed by atoms with Crippen LogP contribution in [0.15, 0.2) is 54.6 Å². The molecule has 2 N–H and O–H groups in total. The van der Waals surface area contributed by atoms with E-state index in [1.54, 1.807) is 31.4 Å². The topological polar surface area (TPSA) is 58.6 Å². The molecule has 1 aliphatic rings. The van der Waals surface area contributed by atoms with E-state index in [0.29, 0.717) is 5.56 Å². The molecular weight excluding hydrogens is 290 g/mol. The van der Waals surface area contributed by atoms with Gasteiger partial charge in [-0.2, -0.15) is 0 Å². The number of aliphatic hydroxyl groups is 1. The van der Waals surface area contributed by atoms with Crippen LogP contribution in [-0.4, -0.2) is 24.2 Å². The number of benzene rings is 2. The van der Waals surface area contributed by atoms with Crippen LogP contribution in [0.5, 0.6) is 5.75 Å². The van der Waals surface area contributed by atoms with Crippen LogP contribution < -0.4 is 10.1 Å². The Morgan fingerprint density at radius 3 is 2.35 bits per heavy atom. The summed E-state index contributed by atoms with van der Waals surface area (Å²) in [7, 11) is 1.60. The Bertz CT molecular complexity index is 648. The van der Waals surface area contributed by atoms with Crippen molar-refractivity contribution in [3.05, 3.63) is 65.7 Å². The van der Waals surface area contributed by atoms with Gasteiger partial charge in [0.05, 0.1) is 19.3 Å². The van der Waals surface area contributed by atoms with Gasteiger partial charge in [0, 0.05) is 5.56 Å². The van der Waals surface area contributed by atoms with E-state index in [0.717, 1.165) is 24.2 Å². The van der Waals surface area contributed by atoms with Crippen molar-refractivity contribution >= 4 is 5.91 Å². The zero-order valence-corrected chi connectivity index (χ0v) is 13.1. The van der Waals surface area contributed by atoms with Crippen molar-refractivity contribution in [3.8, 4) is 5.75 Å². The molecule has 1 amide bonds. The first-order chi connectivity index (χ1) is 11.2. The molecule has 23 heavy (non-hydrogen) atoms. The zero-order chi connectivity index (χ0) is 16.2. The van der Waals surface area contributed by atoms with Crippen LogP contribution in [0.25, 0.3) is 0 Å². The van der Waals surface area contributed by atoms with Crippen molar-refractivity contribution in [1.29, 1.82) is 0 Å². The number of amides is 1. The van der Waals surface area contributed by atoms with E-state index in [1.807, 2.05) is 30.3 Å². The van der Waals surface area contributed by atoms with Gasteiger partial charge >= 0.3 is 0 Å². The van der Waals surface area contributed by atoms with Crippen molar-refractivity contribution in [2.24, 2.45) is 5.92 Å². The number of carbonyl (C=O) groups excluding carboxylic acids is 1. The lowest BCUT2D eigenvalue weighted by Gasteiger charge is -2.38. The van der Waals surface area contributed by atoms with Crippen LogP contribution >= 0.6 is 0 Å². The normalized spacial score (nSPS) is 21.1. The summed E-state index contributed by atoms with van der Waals surface area (Å²) in [5.74, 6) is 0.890. The standard InChI is InChI=1S/C19H21NO3/c1-23-17-9-7-14(8-10-17)19(22)20-18(15-11-16(21)12-15)13-5-3-2-4-6-13/h2-10,15-16,18,21H,11-12H2,1H3,(H,20,22)/t15?,16?,18-/m0/s1. The maximum absolute atomic E-state index is 12.5. The molecule has 0 aromatic heterocycles. The van der Waals surface area contributed by atoms with Gasteiger partial charge in [0.25, 0.3) is 5.91 Å². The zero-order valence-electron chi connectivity index (χ0n) is 13.1. The van der Waals surface area contributed by atoms with Gasteiger partial charge in [-0.05, 0) is 48.6 Å². The Balaban J connectivity index is 1.76. The van der Waals surface area contributed by atoms with Crippen molar-refractivity contribution in [2.75, 3.05) is 7.11 Å². The van der Waals surface area contributed by atoms with Gasteiger partial charge in [-0.1, -0.05) is 30.3 Å². The largest absolute Gasteiger partial charge is 0.497 e. The summed E-state index contributed by atoms with van der Waals surface area (Å²) in [5, 5.41) is 12.7. The predicted molar refractivity (Wildman–Crippen MR) is 88.4 cm³/mol. The molecule has 0 unspecified atom stereocenters. The SMILES string of the molecule is COc1ccc(C(=O)N[C@@H](c2ccccc2)C2CC(O)C2)cc1. The third-order valence-electron chi connectivity index (χ3n) is 4.42. The van der Waals surface area contributed by atoms with Crippen LogP contribution in [0.3, 0.4) is 0 Å². The summed E-state index contributed by atoms with van der Waals surface area (Å²) in [6, 6.07) is 16.9. The van der Waals surface area contributed by atoms with E-state index >= 15 is 0 Å². The maximum Gasteiger partial charge on any atom is 0.251 e. The van der Waals surface area contributed by atoms with Crippen LogP contribution in [0.1, 0.15) is 34.8 Å². The fraction of sp³-hybridized carbons (Fsp3) is 0.316. The summed E-state index contributed by atoms with van der Waals surface area (Å²) in [5.41, 5.74) is 1.68. The van der Waals surface area contributed by atoms with Crippen LogP contribution in [0.4, 0.5) is 0 Å². The van der Waals surface area contributed by atoms with E-state index in [-0.39, 0.29) is 24.0 Å². The molecule has 2 aromatic rings. The van der Waals surface area contributed by atoms with Gasteiger partial charge in [-0.25, -0.2) is 0 Å². The fourth-order valence-corrected chi connectivity index (χ4v) is 3.00. The number of nitrogens with one attached hydrogen (secondary N) is 1. The van der Waals surface area contributed by atoms with E-state index < -0.39 is 0 Å². The Hall–Kier alpha value is -2.33. The molecule has 0 bridgehead atoms. The van der Waals surface area contributed by atoms with E-state index in [2.05, 4.69) is 5.32 Å². The van der Waals surface area contributed by atoms with E-state index in [1.165, 1.54) is 0 Å². The second kappa shape index (κ2) is 6.84. The van der Waals surface area contributed by atoms with E-state index in [4.69, 9.17) is 4.74 Å². The molecule has 1 aliphatic carbocycles. The third kappa shape index (κ3) is 3.54. The van der Waals surface area contributed by atoms with Gasteiger partial charge < -0.3 is 15.2 Å². The first kappa shape index (κ1) is 15.6.